The second-order valence-electron chi connectivity index (χ2n) is 6.67. The molecule has 0 atom stereocenters. The van der Waals surface area contributed by atoms with Crippen molar-refractivity contribution < 1.29 is 9.21 Å². The molecule has 1 N–H and O–H groups in total. The molecule has 0 fully saturated rings. The fourth-order valence-electron chi connectivity index (χ4n) is 3.35. The van der Waals surface area contributed by atoms with Crippen LogP contribution in [0.5, 0.6) is 0 Å². The summed E-state index contributed by atoms with van der Waals surface area (Å²) in [4.78, 5) is 21.5. The number of nitrogens with zero attached hydrogens (tertiary/aromatic N) is 2. The standard InChI is InChI=1S/C23H17N3O2S2/c27-22(26-12-15-13-29-20-9-4-2-6-16(15)20)21-18(14-30-23-24-10-5-11-25-23)17-7-1-3-8-19(17)28-21/h1-11,13H,12,14H2,(H,26,27). The van der Waals surface area contributed by atoms with E-state index in [9.17, 15) is 4.79 Å². The van der Waals surface area contributed by atoms with E-state index in [0.717, 1.165) is 16.5 Å². The van der Waals surface area contributed by atoms with E-state index in [0.29, 0.717) is 28.8 Å². The maximum atomic E-state index is 13.0. The van der Waals surface area contributed by atoms with Crippen molar-refractivity contribution in [3.8, 4) is 0 Å². The van der Waals surface area contributed by atoms with Crippen LogP contribution < -0.4 is 5.32 Å². The van der Waals surface area contributed by atoms with Crippen LogP contribution in [0.1, 0.15) is 21.7 Å². The molecule has 3 aromatic heterocycles. The summed E-state index contributed by atoms with van der Waals surface area (Å²) < 4.78 is 7.16. The lowest BCUT2D eigenvalue weighted by molar-refractivity contribution is 0.0924. The summed E-state index contributed by atoms with van der Waals surface area (Å²) in [6.07, 6.45) is 3.42. The first-order valence-corrected chi connectivity index (χ1v) is 11.3. The van der Waals surface area contributed by atoms with Crippen molar-refractivity contribution in [2.45, 2.75) is 17.5 Å². The number of furan rings is 1. The molecule has 0 spiro atoms. The molecule has 5 aromatic rings. The maximum absolute atomic E-state index is 13.0. The van der Waals surface area contributed by atoms with E-state index in [1.165, 1.54) is 21.8 Å². The minimum Gasteiger partial charge on any atom is -0.451 e. The first-order valence-electron chi connectivity index (χ1n) is 9.43. The summed E-state index contributed by atoms with van der Waals surface area (Å²) >= 11 is 3.16. The van der Waals surface area contributed by atoms with E-state index >= 15 is 0 Å². The topological polar surface area (TPSA) is 68.0 Å². The number of amides is 1. The zero-order chi connectivity index (χ0) is 20.3. The van der Waals surface area contributed by atoms with E-state index in [1.807, 2.05) is 36.4 Å². The molecule has 1 amide bonds. The van der Waals surface area contributed by atoms with Crippen molar-refractivity contribution in [3.63, 3.8) is 0 Å². The fraction of sp³-hybridized carbons (Fsp3) is 0.0870. The van der Waals surface area contributed by atoms with Crippen LogP contribution in [0.2, 0.25) is 0 Å². The Labute approximate surface area is 181 Å². The van der Waals surface area contributed by atoms with Crippen molar-refractivity contribution in [2.75, 3.05) is 0 Å². The molecule has 5 nitrogen and oxygen atoms in total. The molecule has 148 valence electrons. The van der Waals surface area contributed by atoms with E-state index < -0.39 is 0 Å². The number of rotatable bonds is 6. The van der Waals surface area contributed by atoms with Crippen LogP contribution in [0.4, 0.5) is 0 Å². The molecular formula is C23H17N3O2S2. The second-order valence-corrected chi connectivity index (χ2v) is 8.52. The van der Waals surface area contributed by atoms with Gasteiger partial charge in [0.2, 0.25) is 0 Å². The van der Waals surface area contributed by atoms with E-state index in [1.54, 1.807) is 29.8 Å². The van der Waals surface area contributed by atoms with Gasteiger partial charge in [-0.05, 0) is 34.5 Å². The Kier molecular flexibility index (Phi) is 5.21. The smallest absolute Gasteiger partial charge is 0.287 e. The minimum atomic E-state index is -0.217. The van der Waals surface area contributed by atoms with E-state index in [2.05, 4.69) is 32.8 Å². The molecule has 0 unspecified atom stereocenters. The van der Waals surface area contributed by atoms with Gasteiger partial charge in [-0.15, -0.1) is 11.3 Å². The number of para-hydroxylation sites is 1. The molecule has 0 aliphatic rings. The van der Waals surface area contributed by atoms with E-state index in [-0.39, 0.29) is 5.91 Å². The highest BCUT2D eigenvalue weighted by Crippen LogP contribution is 2.31. The van der Waals surface area contributed by atoms with Gasteiger partial charge >= 0.3 is 0 Å². The predicted molar refractivity (Wildman–Crippen MR) is 121 cm³/mol. The zero-order valence-electron chi connectivity index (χ0n) is 15.9. The Hall–Kier alpha value is -3.16. The molecular weight excluding hydrogens is 414 g/mol. The van der Waals surface area contributed by atoms with Gasteiger partial charge in [-0.25, -0.2) is 9.97 Å². The minimum absolute atomic E-state index is 0.217. The SMILES string of the molecule is O=C(NCc1csc2ccccc12)c1oc2ccccc2c1CSc1ncccn1. The summed E-state index contributed by atoms with van der Waals surface area (Å²) in [6.45, 7) is 0.453. The normalized spacial score (nSPS) is 11.2. The zero-order valence-corrected chi connectivity index (χ0v) is 17.5. The molecule has 0 aliphatic carbocycles. The average Bonchev–Trinajstić information content (AvgIpc) is 3.38. The molecule has 30 heavy (non-hydrogen) atoms. The summed E-state index contributed by atoms with van der Waals surface area (Å²) in [7, 11) is 0. The van der Waals surface area contributed by atoms with Crippen LogP contribution in [0.3, 0.4) is 0 Å². The number of benzene rings is 2. The molecule has 0 aliphatic heterocycles. The van der Waals surface area contributed by atoms with Crippen LogP contribution in [0.15, 0.2) is 81.9 Å². The highest BCUT2D eigenvalue weighted by molar-refractivity contribution is 7.98. The molecule has 3 heterocycles. The Bertz CT molecular complexity index is 1330. The van der Waals surface area contributed by atoms with Gasteiger partial charge in [0.05, 0.1) is 0 Å². The summed E-state index contributed by atoms with van der Waals surface area (Å²) in [5.74, 6) is 0.677. The van der Waals surface area contributed by atoms with Gasteiger partial charge in [0.15, 0.2) is 10.9 Å². The molecule has 7 heteroatoms. The average molecular weight is 432 g/mol. The van der Waals surface area contributed by atoms with Gasteiger partial charge in [-0.3, -0.25) is 4.79 Å². The third-order valence-electron chi connectivity index (χ3n) is 4.79. The number of thiophene rings is 1. The number of thioether (sulfide) groups is 1. The summed E-state index contributed by atoms with van der Waals surface area (Å²) in [5, 5.41) is 7.89. The third-order valence-corrected chi connectivity index (χ3v) is 6.71. The van der Waals surface area contributed by atoms with Crippen LogP contribution in [0.25, 0.3) is 21.1 Å². The summed E-state index contributed by atoms with van der Waals surface area (Å²) in [6, 6.07) is 17.7. The molecule has 0 radical (unpaired) electrons. The number of aromatic nitrogens is 2. The Morgan fingerprint density at radius 3 is 2.63 bits per heavy atom. The fourth-order valence-corrected chi connectivity index (χ4v) is 5.14. The van der Waals surface area contributed by atoms with Crippen LogP contribution >= 0.6 is 23.1 Å². The monoisotopic (exact) mass is 431 g/mol. The van der Waals surface area contributed by atoms with Crippen molar-refractivity contribution in [2.24, 2.45) is 0 Å². The maximum Gasteiger partial charge on any atom is 0.287 e. The lowest BCUT2D eigenvalue weighted by atomic mass is 10.1. The van der Waals surface area contributed by atoms with Crippen molar-refractivity contribution in [1.82, 2.24) is 15.3 Å². The van der Waals surface area contributed by atoms with Gasteiger partial charge in [-0.2, -0.15) is 0 Å². The third kappa shape index (κ3) is 3.69. The molecule has 5 rings (SSSR count). The van der Waals surface area contributed by atoms with Gasteiger partial charge < -0.3 is 9.73 Å². The van der Waals surface area contributed by atoms with Crippen LogP contribution in [-0.4, -0.2) is 15.9 Å². The number of hydrogen-bond donors (Lipinski definition) is 1. The number of carbonyl (C=O) groups excluding carboxylic acids is 1. The van der Waals surface area contributed by atoms with E-state index in [4.69, 9.17) is 4.42 Å². The molecule has 0 saturated heterocycles. The van der Waals surface area contributed by atoms with Crippen molar-refractivity contribution in [3.05, 3.63) is 89.3 Å². The van der Waals surface area contributed by atoms with Gasteiger partial charge in [0.25, 0.3) is 5.91 Å². The number of carbonyl (C=O) groups is 1. The lowest BCUT2D eigenvalue weighted by Crippen LogP contribution is -2.23. The quantitative estimate of drug-likeness (QED) is 0.278. The second kappa shape index (κ2) is 8.30. The van der Waals surface area contributed by atoms with Gasteiger partial charge in [0.1, 0.15) is 5.58 Å². The Morgan fingerprint density at radius 1 is 1.00 bits per heavy atom. The highest BCUT2D eigenvalue weighted by Gasteiger charge is 2.21. The summed E-state index contributed by atoms with van der Waals surface area (Å²) in [5.41, 5.74) is 2.66. The molecule has 0 saturated carbocycles. The number of nitrogens with one attached hydrogen (secondary N) is 1. The van der Waals surface area contributed by atoms with Crippen LogP contribution in [-0.2, 0) is 12.3 Å². The largest absolute Gasteiger partial charge is 0.451 e. The highest BCUT2D eigenvalue weighted by atomic mass is 32.2. The molecule has 0 bridgehead atoms. The first-order chi connectivity index (χ1) is 14.8. The predicted octanol–water partition coefficient (Wildman–Crippen LogP) is 5.66. The van der Waals surface area contributed by atoms with Crippen molar-refractivity contribution in [1.29, 1.82) is 0 Å². The number of fused-ring (bicyclic) bond motifs is 2. The van der Waals surface area contributed by atoms with Gasteiger partial charge in [0, 0.05) is 40.3 Å². The Morgan fingerprint density at radius 2 is 1.77 bits per heavy atom. The molecule has 2 aromatic carbocycles. The van der Waals surface area contributed by atoms with Crippen molar-refractivity contribution >= 4 is 50.1 Å². The first kappa shape index (κ1) is 18.8. The lowest BCUT2D eigenvalue weighted by Gasteiger charge is -2.05. The number of hydrogen-bond acceptors (Lipinski definition) is 6. The Balaban J connectivity index is 1.40. The van der Waals surface area contributed by atoms with Gasteiger partial charge in [-0.1, -0.05) is 48.2 Å². The van der Waals surface area contributed by atoms with Crippen LogP contribution in [0, 0.1) is 0 Å².